The monoisotopic (exact) mass is 780 g/mol. The molecule has 52 heavy (non-hydrogen) atoms. The molecule has 2 aromatic carbocycles. The summed E-state index contributed by atoms with van der Waals surface area (Å²) in [4.78, 5) is 62.3. The van der Waals surface area contributed by atoms with Gasteiger partial charge >= 0.3 is 12.0 Å². The van der Waals surface area contributed by atoms with Crippen molar-refractivity contribution in [3.8, 4) is 0 Å². The number of halogens is 3. The molecule has 10 nitrogen and oxygen atoms in total. The number of ether oxygens (including phenoxy) is 1. The number of carbonyl (C=O) groups excluding carboxylic acids is 5. The molecule has 3 rings (SSSR count). The first-order valence-corrected chi connectivity index (χ1v) is 18.5. The van der Waals surface area contributed by atoms with Crippen molar-refractivity contribution in [1.29, 1.82) is 0 Å². The number of nitrogens with zero attached hydrogens (tertiary/aromatic N) is 2. The third-order valence-electron chi connectivity index (χ3n) is 6.27. The average molecular weight is 782 g/mol. The first kappa shape index (κ1) is 50.1. The second kappa shape index (κ2) is 30.6. The lowest BCUT2D eigenvalue weighted by Crippen LogP contribution is -2.43. The van der Waals surface area contributed by atoms with E-state index < -0.39 is 11.9 Å². The van der Waals surface area contributed by atoms with Crippen LogP contribution in [0, 0.1) is 0 Å². The Bertz CT molecular complexity index is 1490. The fourth-order valence-corrected chi connectivity index (χ4v) is 4.90. The molecule has 1 heterocycles. The van der Waals surface area contributed by atoms with Crippen LogP contribution in [-0.4, -0.2) is 67.1 Å². The maximum atomic E-state index is 11.9. The number of hydrogen-bond donors (Lipinski definition) is 2. The molecule has 2 aromatic rings. The molecular formula is C39H55Cl3N4O6. The number of methoxy groups -OCH3 is 1. The SMILES string of the molecule is C/C=C\CCN(CCC)C(=O)NCC(=O)OC.CC.CCC.CCc1cccc(Cl)c1C(C)=O.O=C1CC=CC(=NC(=O)c2c(Cl)cccc2Cl)N1. The maximum absolute atomic E-state index is 11.9. The van der Waals surface area contributed by atoms with Gasteiger partial charge in [0.2, 0.25) is 5.91 Å². The molecule has 1 aliphatic heterocycles. The Morgan fingerprint density at radius 2 is 1.50 bits per heavy atom. The predicted octanol–water partition coefficient (Wildman–Crippen LogP) is 9.70. The van der Waals surface area contributed by atoms with Crippen molar-refractivity contribution in [3.05, 3.63) is 92.5 Å². The molecule has 1 aliphatic rings. The second-order valence-corrected chi connectivity index (χ2v) is 11.7. The molecule has 0 bridgehead atoms. The zero-order chi connectivity index (χ0) is 40.1. The van der Waals surface area contributed by atoms with Crippen molar-refractivity contribution in [2.45, 2.75) is 87.5 Å². The van der Waals surface area contributed by atoms with Crippen LogP contribution in [0.3, 0.4) is 0 Å². The summed E-state index contributed by atoms with van der Waals surface area (Å²) in [7, 11) is 1.30. The van der Waals surface area contributed by atoms with Gasteiger partial charge in [-0.3, -0.25) is 19.2 Å². The highest BCUT2D eigenvalue weighted by molar-refractivity contribution is 6.40. The highest BCUT2D eigenvalue weighted by Crippen LogP contribution is 2.25. The Morgan fingerprint density at radius 3 is 1.96 bits per heavy atom. The summed E-state index contributed by atoms with van der Waals surface area (Å²) in [6, 6.07) is 10.1. The van der Waals surface area contributed by atoms with Crippen molar-refractivity contribution in [2.75, 3.05) is 26.7 Å². The molecule has 4 amide bonds. The smallest absolute Gasteiger partial charge is 0.325 e. The number of nitrogens with one attached hydrogen (secondary N) is 2. The first-order valence-electron chi connectivity index (χ1n) is 17.3. The van der Waals surface area contributed by atoms with Gasteiger partial charge in [-0.15, -0.1) is 0 Å². The minimum absolute atomic E-state index is 0.0393. The topological polar surface area (TPSA) is 134 Å². The molecule has 2 N–H and O–H groups in total. The van der Waals surface area contributed by atoms with E-state index in [0.717, 1.165) is 24.8 Å². The zero-order valence-electron chi connectivity index (χ0n) is 31.9. The summed E-state index contributed by atoms with van der Waals surface area (Å²) in [5.41, 5.74) is 1.82. The Balaban J connectivity index is 0. The van der Waals surface area contributed by atoms with Gasteiger partial charge in [-0.25, -0.2) is 4.79 Å². The van der Waals surface area contributed by atoms with Crippen LogP contribution in [0.2, 0.25) is 15.1 Å². The van der Waals surface area contributed by atoms with Gasteiger partial charge in [0.05, 0.1) is 27.7 Å². The Hall–Kier alpha value is -3.99. The van der Waals surface area contributed by atoms with Crippen LogP contribution in [-0.2, 0) is 20.7 Å². The van der Waals surface area contributed by atoms with E-state index in [2.05, 4.69) is 34.2 Å². The fraction of sp³-hybridized carbons (Fsp3) is 0.436. The van der Waals surface area contributed by atoms with Gasteiger partial charge in [0.15, 0.2) is 5.78 Å². The maximum Gasteiger partial charge on any atom is 0.325 e. The number of carbonyl (C=O) groups is 5. The summed E-state index contributed by atoms with van der Waals surface area (Å²) in [6.07, 6.45) is 11.2. The van der Waals surface area contributed by atoms with Gasteiger partial charge in [-0.2, -0.15) is 4.99 Å². The lowest BCUT2D eigenvalue weighted by atomic mass is 10.0. The van der Waals surface area contributed by atoms with Crippen molar-refractivity contribution in [1.82, 2.24) is 15.5 Å². The number of aliphatic imine (C=N–C) groups is 1. The van der Waals surface area contributed by atoms with E-state index in [9.17, 15) is 24.0 Å². The number of aryl methyl sites for hydroxylation is 1. The van der Waals surface area contributed by atoms with Crippen LogP contribution < -0.4 is 10.6 Å². The van der Waals surface area contributed by atoms with Crippen molar-refractivity contribution >= 4 is 70.2 Å². The fourth-order valence-electron chi connectivity index (χ4n) is 4.02. The van der Waals surface area contributed by atoms with Crippen LogP contribution in [0.15, 0.2) is 65.7 Å². The van der Waals surface area contributed by atoms with Crippen molar-refractivity contribution < 1.29 is 28.7 Å². The number of ketones is 1. The van der Waals surface area contributed by atoms with Gasteiger partial charge in [-0.05, 0) is 62.9 Å². The number of hydrogen-bond acceptors (Lipinski definition) is 6. The van der Waals surface area contributed by atoms with E-state index in [-0.39, 0.29) is 52.1 Å². The van der Waals surface area contributed by atoms with Crippen LogP contribution in [0.4, 0.5) is 4.79 Å². The van der Waals surface area contributed by atoms with Crippen LogP contribution >= 0.6 is 34.8 Å². The first-order chi connectivity index (χ1) is 24.8. The summed E-state index contributed by atoms with van der Waals surface area (Å²) < 4.78 is 4.46. The highest BCUT2D eigenvalue weighted by Gasteiger charge is 2.16. The van der Waals surface area contributed by atoms with E-state index in [1.807, 2.05) is 58.9 Å². The quantitative estimate of drug-likeness (QED) is 0.140. The minimum Gasteiger partial charge on any atom is -0.468 e. The Morgan fingerprint density at radius 1 is 0.942 bits per heavy atom. The Labute approximate surface area is 325 Å². The molecule has 0 fully saturated rings. The summed E-state index contributed by atoms with van der Waals surface area (Å²) >= 11 is 17.7. The number of urea groups is 1. The molecule has 0 spiro atoms. The number of benzene rings is 2. The Kier molecular flexibility index (Phi) is 29.5. The largest absolute Gasteiger partial charge is 0.468 e. The number of Topliss-reactive ketones (excluding diaryl/α,β-unsaturated/α-hetero) is 1. The number of rotatable bonds is 10. The van der Waals surface area contributed by atoms with Crippen LogP contribution in [0.5, 0.6) is 0 Å². The highest BCUT2D eigenvalue weighted by atomic mass is 35.5. The molecule has 0 atom stereocenters. The third kappa shape index (κ3) is 20.8. The molecule has 0 saturated heterocycles. The number of amides is 4. The molecule has 0 aromatic heterocycles. The lowest BCUT2D eigenvalue weighted by Gasteiger charge is -2.21. The van der Waals surface area contributed by atoms with Crippen molar-refractivity contribution in [3.63, 3.8) is 0 Å². The van der Waals surface area contributed by atoms with Gasteiger partial charge in [0, 0.05) is 25.1 Å². The summed E-state index contributed by atoms with van der Waals surface area (Å²) in [6.45, 7) is 17.0. The van der Waals surface area contributed by atoms with E-state index >= 15 is 0 Å². The molecule has 13 heteroatoms. The standard InChI is InChI=1S/C12H8Cl2N2O2.C12H22N2O3.C10H11ClO.C3H8.C2H6/c13-7-3-1-4-8(14)11(7)12(18)16-9-5-2-6-10(17)15-9;1-4-6-7-9-14(8-5-2)12(16)13-10-11(15)17-3;1-3-8-5-4-6-9(11)10(8)7(2)12;1-3-2;1-2/h1-5H,6H2,(H,15,16,17,18);4,6H,5,7-10H2,1-3H3,(H,13,16);4-6H,3H2,1-2H3;3H2,1-2H3;1-2H3/b;6-4-;;;. The van der Waals surface area contributed by atoms with Crippen LogP contribution in [0.25, 0.3) is 0 Å². The lowest BCUT2D eigenvalue weighted by molar-refractivity contribution is -0.139. The molecule has 0 radical (unpaired) electrons. The van der Waals surface area contributed by atoms with Gasteiger partial charge in [-0.1, -0.05) is 119 Å². The molecular weight excluding hydrogens is 727 g/mol. The predicted molar refractivity (Wildman–Crippen MR) is 215 cm³/mol. The van der Waals surface area contributed by atoms with E-state index in [4.69, 9.17) is 34.8 Å². The van der Waals surface area contributed by atoms with Crippen molar-refractivity contribution in [2.24, 2.45) is 4.99 Å². The number of amidine groups is 1. The third-order valence-corrected chi connectivity index (χ3v) is 7.22. The summed E-state index contributed by atoms with van der Waals surface area (Å²) in [5.74, 6) is -1.02. The summed E-state index contributed by atoms with van der Waals surface area (Å²) in [5, 5.41) is 6.01. The molecule has 288 valence electrons. The van der Waals surface area contributed by atoms with Gasteiger partial charge in [0.1, 0.15) is 12.4 Å². The number of allylic oxidation sites excluding steroid dienone is 1. The van der Waals surface area contributed by atoms with E-state index in [0.29, 0.717) is 23.7 Å². The van der Waals surface area contributed by atoms with Gasteiger partial charge in [0.25, 0.3) is 5.91 Å². The molecule has 0 unspecified atom stereocenters. The molecule has 0 aliphatic carbocycles. The second-order valence-electron chi connectivity index (χ2n) is 10.5. The minimum atomic E-state index is -0.590. The van der Waals surface area contributed by atoms with Gasteiger partial charge < -0.3 is 20.3 Å². The molecule has 0 saturated carbocycles. The average Bonchev–Trinajstić information content (AvgIpc) is 3.11. The van der Waals surface area contributed by atoms with E-state index in [1.54, 1.807) is 48.2 Å². The van der Waals surface area contributed by atoms with E-state index in [1.165, 1.54) is 13.5 Å². The normalized spacial score (nSPS) is 11.9. The zero-order valence-corrected chi connectivity index (χ0v) is 34.2. The van der Waals surface area contributed by atoms with Crippen LogP contribution in [0.1, 0.15) is 107 Å². The number of esters is 1.